The van der Waals surface area contributed by atoms with Gasteiger partial charge < -0.3 is 4.74 Å². The van der Waals surface area contributed by atoms with Crippen molar-refractivity contribution >= 4 is 39.0 Å². The van der Waals surface area contributed by atoms with Crippen molar-refractivity contribution < 1.29 is 17.9 Å². The molecule has 3 rings (SSSR count). The van der Waals surface area contributed by atoms with Crippen LogP contribution in [0.15, 0.2) is 71.6 Å². The van der Waals surface area contributed by atoms with Gasteiger partial charge in [0.2, 0.25) is 0 Å². The minimum absolute atomic E-state index is 0.123. The van der Waals surface area contributed by atoms with Crippen LogP contribution in [-0.2, 0) is 26.9 Å². The van der Waals surface area contributed by atoms with Crippen molar-refractivity contribution in [2.45, 2.75) is 17.3 Å². The fourth-order valence-corrected chi connectivity index (χ4v) is 4.14. The number of nitrogens with zero attached hydrogens (tertiary/aromatic N) is 1. The van der Waals surface area contributed by atoms with Gasteiger partial charge >= 0.3 is 5.97 Å². The molecule has 0 unspecified atom stereocenters. The van der Waals surface area contributed by atoms with E-state index in [9.17, 15) is 13.2 Å². The molecule has 0 fully saturated rings. The molecule has 1 aromatic heterocycles. The summed E-state index contributed by atoms with van der Waals surface area (Å²) in [6.45, 7) is -0.123. The average Bonchev–Trinajstić information content (AvgIpc) is 2.69. The standard InChI is InChI=1S/C20H15Cl2NO4S/c21-17-10-11-19(22)23-18(17)12-27-20(24)15-8-6-14(7-9-15)13-28(25,26)16-4-2-1-3-5-16/h1-11H,12-13H2. The zero-order chi connectivity index (χ0) is 20.1. The Balaban J connectivity index is 1.65. The van der Waals surface area contributed by atoms with E-state index in [-0.39, 0.29) is 22.4 Å². The third kappa shape index (κ3) is 5.10. The van der Waals surface area contributed by atoms with Crippen LogP contribution in [0.3, 0.4) is 0 Å². The largest absolute Gasteiger partial charge is 0.456 e. The molecule has 2 aromatic carbocycles. The number of pyridine rings is 1. The van der Waals surface area contributed by atoms with Crippen molar-refractivity contribution in [2.24, 2.45) is 0 Å². The number of sulfone groups is 1. The molecule has 0 saturated heterocycles. The van der Waals surface area contributed by atoms with Crippen molar-refractivity contribution in [2.75, 3.05) is 0 Å². The average molecular weight is 436 g/mol. The third-order valence-electron chi connectivity index (χ3n) is 3.87. The van der Waals surface area contributed by atoms with Crippen LogP contribution >= 0.6 is 23.2 Å². The van der Waals surface area contributed by atoms with Gasteiger partial charge in [-0.15, -0.1) is 0 Å². The molecular weight excluding hydrogens is 421 g/mol. The van der Waals surface area contributed by atoms with Gasteiger partial charge in [-0.2, -0.15) is 0 Å². The summed E-state index contributed by atoms with van der Waals surface area (Å²) in [6, 6.07) is 17.5. The molecule has 0 aliphatic rings. The summed E-state index contributed by atoms with van der Waals surface area (Å²) in [5, 5.41) is 0.595. The van der Waals surface area contributed by atoms with E-state index >= 15 is 0 Å². The molecule has 0 aliphatic carbocycles. The minimum atomic E-state index is -3.45. The Kier molecular flexibility index (Phi) is 6.34. The van der Waals surface area contributed by atoms with Gasteiger partial charge in [0.1, 0.15) is 11.8 Å². The van der Waals surface area contributed by atoms with Crippen molar-refractivity contribution in [3.8, 4) is 0 Å². The highest BCUT2D eigenvalue weighted by Gasteiger charge is 2.16. The molecule has 0 bridgehead atoms. The number of carbonyl (C=O) groups excluding carboxylic acids is 1. The van der Waals surface area contributed by atoms with E-state index in [1.165, 1.54) is 18.2 Å². The zero-order valence-corrected chi connectivity index (χ0v) is 16.8. The van der Waals surface area contributed by atoms with E-state index in [1.54, 1.807) is 48.5 Å². The highest BCUT2D eigenvalue weighted by Crippen LogP contribution is 2.19. The van der Waals surface area contributed by atoms with E-state index in [4.69, 9.17) is 27.9 Å². The van der Waals surface area contributed by atoms with Crippen LogP contribution in [0.4, 0.5) is 0 Å². The number of benzene rings is 2. The van der Waals surface area contributed by atoms with E-state index in [1.807, 2.05) is 0 Å². The van der Waals surface area contributed by atoms with Crippen LogP contribution in [0.5, 0.6) is 0 Å². The SMILES string of the molecule is O=C(OCc1nc(Cl)ccc1Cl)c1ccc(CS(=O)(=O)c2ccccc2)cc1. The first kappa shape index (κ1) is 20.3. The zero-order valence-electron chi connectivity index (χ0n) is 14.5. The predicted molar refractivity (Wildman–Crippen MR) is 107 cm³/mol. The summed E-state index contributed by atoms with van der Waals surface area (Å²) in [4.78, 5) is 16.5. The van der Waals surface area contributed by atoms with Crippen LogP contribution in [-0.4, -0.2) is 19.4 Å². The molecule has 144 valence electrons. The summed E-state index contributed by atoms with van der Waals surface area (Å²) < 4.78 is 30.0. The first-order valence-corrected chi connectivity index (χ1v) is 10.6. The molecule has 0 aliphatic heterocycles. The maximum Gasteiger partial charge on any atom is 0.338 e. The number of esters is 1. The molecule has 0 atom stereocenters. The molecule has 8 heteroatoms. The summed E-state index contributed by atoms with van der Waals surface area (Å²) in [5.74, 6) is -0.732. The van der Waals surface area contributed by atoms with Gasteiger partial charge in [-0.05, 0) is 42.0 Å². The first-order valence-electron chi connectivity index (χ1n) is 8.20. The molecule has 0 saturated carbocycles. The van der Waals surface area contributed by atoms with E-state index in [0.29, 0.717) is 21.8 Å². The Labute approximate surface area is 172 Å². The second kappa shape index (κ2) is 8.73. The lowest BCUT2D eigenvalue weighted by Crippen LogP contribution is -2.08. The maximum atomic E-state index is 12.4. The van der Waals surface area contributed by atoms with Crippen LogP contribution in [0.2, 0.25) is 10.2 Å². The topological polar surface area (TPSA) is 73.3 Å². The minimum Gasteiger partial charge on any atom is -0.456 e. The van der Waals surface area contributed by atoms with Crippen LogP contribution in [0.1, 0.15) is 21.6 Å². The Bertz CT molecular complexity index is 1080. The number of carbonyl (C=O) groups is 1. The van der Waals surface area contributed by atoms with Crippen molar-refractivity contribution in [3.05, 3.63) is 93.7 Å². The fourth-order valence-electron chi connectivity index (χ4n) is 2.44. The summed E-state index contributed by atoms with van der Waals surface area (Å²) in [7, 11) is -3.45. The molecule has 0 radical (unpaired) electrons. The number of halogens is 2. The number of hydrogen-bond donors (Lipinski definition) is 0. The molecule has 0 amide bonds. The fraction of sp³-hybridized carbons (Fsp3) is 0.100. The van der Waals surface area contributed by atoms with Gasteiger partial charge in [0.05, 0.1) is 26.9 Å². The number of aromatic nitrogens is 1. The normalized spacial score (nSPS) is 11.2. The van der Waals surface area contributed by atoms with Gasteiger partial charge in [-0.25, -0.2) is 18.2 Å². The monoisotopic (exact) mass is 435 g/mol. The van der Waals surface area contributed by atoms with Crippen LogP contribution in [0.25, 0.3) is 0 Å². The predicted octanol–water partition coefficient (Wildman–Crippen LogP) is 4.72. The Morgan fingerprint density at radius 1 is 0.929 bits per heavy atom. The lowest BCUT2D eigenvalue weighted by molar-refractivity contribution is 0.0468. The van der Waals surface area contributed by atoms with Gasteiger partial charge in [0, 0.05) is 0 Å². The third-order valence-corrected chi connectivity index (χ3v) is 6.13. The Morgan fingerprint density at radius 3 is 2.29 bits per heavy atom. The first-order chi connectivity index (χ1) is 13.3. The van der Waals surface area contributed by atoms with Crippen LogP contribution in [0, 0.1) is 0 Å². The van der Waals surface area contributed by atoms with Gasteiger partial charge in [-0.1, -0.05) is 53.5 Å². The Morgan fingerprint density at radius 2 is 1.61 bits per heavy atom. The lowest BCUT2D eigenvalue weighted by atomic mass is 10.1. The van der Waals surface area contributed by atoms with Crippen molar-refractivity contribution in [1.82, 2.24) is 4.98 Å². The molecule has 0 spiro atoms. The van der Waals surface area contributed by atoms with E-state index in [0.717, 1.165) is 0 Å². The molecule has 1 heterocycles. The summed E-state index contributed by atoms with van der Waals surface area (Å²) >= 11 is 11.8. The highest BCUT2D eigenvalue weighted by atomic mass is 35.5. The Hall–Kier alpha value is -2.41. The van der Waals surface area contributed by atoms with E-state index in [2.05, 4.69) is 4.98 Å². The molecule has 3 aromatic rings. The van der Waals surface area contributed by atoms with Gasteiger partial charge in [0.25, 0.3) is 0 Å². The highest BCUT2D eigenvalue weighted by molar-refractivity contribution is 7.90. The lowest BCUT2D eigenvalue weighted by Gasteiger charge is -2.08. The number of rotatable bonds is 6. The summed E-state index contributed by atoms with van der Waals surface area (Å²) in [6.07, 6.45) is 0. The molecular formula is C20H15Cl2NO4S. The van der Waals surface area contributed by atoms with Gasteiger partial charge in [0.15, 0.2) is 9.84 Å². The summed E-state index contributed by atoms with van der Waals surface area (Å²) in [5.41, 5.74) is 1.21. The number of hydrogen-bond acceptors (Lipinski definition) is 5. The van der Waals surface area contributed by atoms with Crippen molar-refractivity contribution in [1.29, 1.82) is 0 Å². The van der Waals surface area contributed by atoms with Crippen LogP contribution < -0.4 is 0 Å². The molecule has 5 nitrogen and oxygen atoms in total. The second-order valence-electron chi connectivity index (χ2n) is 5.91. The van der Waals surface area contributed by atoms with Crippen molar-refractivity contribution in [3.63, 3.8) is 0 Å². The molecule has 0 N–H and O–H groups in total. The van der Waals surface area contributed by atoms with E-state index < -0.39 is 15.8 Å². The molecule has 28 heavy (non-hydrogen) atoms. The quantitative estimate of drug-likeness (QED) is 0.413. The van der Waals surface area contributed by atoms with Gasteiger partial charge in [-0.3, -0.25) is 0 Å². The number of ether oxygens (including phenoxy) is 1. The maximum absolute atomic E-state index is 12.4. The smallest absolute Gasteiger partial charge is 0.338 e. The second-order valence-corrected chi connectivity index (χ2v) is 8.69.